The first kappa shape index (κ1) is 48.0. The fourth-order valence-electron chi connectivity index (χ4n) is 6.82. The Morgan fingerprint density at radius 3 is 1.22 bits per heavy atom. The zero-order valence-corrected chi connectivity index (χ0v) is 33.6. The van der Waals surface area contributed by atoms with Crippen LogP contribution in [0.2, 0.25) is 0 Å². The average Bonchev–Trinajstić information content (AvgIpc) is 3.02. The fraction of sp³-hybridized carbons (Fsp3) is 1.00. The minimum absolute atomic E-state index is 0.0131. The Morgan fingerprint density at radius 1 is 0.522 bits per heavy atom. The first-order valence-electron chi connectivity index (χ1n) is 21.1. The van der Waals surface area contributed by atoms with Crippen LogP contribution in [0.15, 0.2) is 0 Å². The lowest BCUT2D eigenvalue weighted by Crippen LogP contribution is -2.30. The van der Waals surface area contributed by atoms with Crippen LogP contribution >= 0.6 is 0 Å². The van der Waals surface area contributed by atoms with Crippen LogP contribution in [-0.2, 0) is 4.74 Å². The Labute approximate surface area is 293 Å². The molecule has 1 N–H and O–H groups in total. The molecule has 0 atom stereocenters. The van der Waals surface area contributed by atoms with Gasteiger partial charge in [-0.2, -0.15) is 0 Å². The highest BCUT2D eigenvalue weighted by Crippen LogP contribution is 2.22. The maximum Gasteiger partial charge on any atom is 0.0627 e. The van der Waals surface area contributed by atoms with Crippen molar-refractivity contribution in [1.29, 1.82) is 0 Å². The summed E-state index contributed by atoms with van der Waals surface area (Å²) in [7, 11) is 3.38. The predicted molar refractivity (Wildman–Crippen MR) is 209 cm³/mol. The molecule has 3 nitrogen and oxygen atoms in total. The van der Waals surface area contributed by atoms with Gasteiger partial charge in [0.1, 0.15) is 0 Å². The molecule has 0 unspecified atom stereocenters. The smallest absolute Gasteiger partial charge is 0.0627 e. The maximum atomic E-state index is 7.00. The Kier molecular flexibility index (Phi) is 39.3. The number of aliphatic hydroxyl groups is 1. The van der Waals surface area contributed by atoms with E-state index in [0.717, 1.165) is 32.0 Å². The minimum atomic E-state index is 0.0131. The number of nitrogens with zero attached hydrogens (tertiary/aromatic N) is 1. The molecule has 0 spiro atoms. The molecule has 0 aromatic heterocycles. The third-order valence-electron chi connectivity index (χ3n) is 10.0. The van der Waals surface area contributed by atoms with E-state index in [2.05, 4.69) is 53.5 Å². The minimum Gasteiger partial charge on any atom is -0.400 e. The first-order chi connectivity index (χ1) is 22.3. The van der Waals surface area contributed by atoms with Crippen molar-refractivity contribution in [3.63, 3.8) is 0 Å². The molecule has 0 fully saturated rings. The lowest BCUT2D eigenvalue weighted by Gasteiger charge is -2.28. The van der Waals surface area contributed by atoms with E-state index in [4.69, 9.17) is 9.84 Å². The monoisotopic (exact) mass is 654 g/mol. The number of aliphatic hydroxyl groups excluding tert-OH is 1. The fourth-order valence-corrected chi connectivity index (χ4v) is 6.82. The second-order valence-corrected chi connectivity index (χ2v) is 15.9. The first-order valence-corrected chi connectivity index (χ1v) is 21.1. The molecule has 0 heterocycles. The van der Waals surface area contributed by atoms with Gasteiger partial charge in [-0.05, 0) is 71.4 Å². The molecule has 0 radical (unpaired) electrons. The van der Waals surface area contributed by atoms with E-state index >= 15 is 0 Å². The summed E-state index contributed by atoms with van der Waals surface area (Å²) in [6, 6.07) is 0. The highest BCUT2D eigenvalue weighted by Gasteiger charge is 2.19. The van der Waals surface area contributed by atoms with Crippen molar-refractivity contribution in [3.8, 4) is 0 Å². The van der Waals surface area contributed by atoms with Gasteiger partial charge in [0.15, 0.2) is 0 Å². The van der Waals surface area contributed by atoms with E-state index in [1.165, 1.54) is 193 Å². The lowest BCUT2D eigenvalue weighted by atomic mass is 9.93. The molecule has 0 saturated heterocycles. The maximum absolute atomic E-state index is 7.00. The van der Waals surface area contributed by atoms with Crippen LogP contribution in [0.1, 0.15) is 228 Å². The second-order valence-electron chi connectivity index (χ2n) is 15.9. The van der Waals surface area contributed by atoms with Crippen LogP contribution in [0.4, 0.5) is 0 Å². The summed E-state index contributed by atoms with van der Waals surface area (Å²) < 4.78 is 6.24. The van der Waals surface area contributed by atoms with E-state index in [1.54, 1.807) is 0 Å². The van der Waals surface area contributed by atoms with Crippen molar-refractivity contribution in [2.24, 2.45) is 11.8 Å². The molecule has 0 rings (SSSR count). The summed E-state index contributed by atoms with van der Waals surface area (Å²) in [6.07, 6.45) is 41.3. The third kappa shape index (κ3) is 38.3. The Bertz CT molecular complexity index is 521. The molecule has 0 saturated carbocycles. The largest absolute Gasteiger partial charge is 0.400 e. The number of hydrogen-bond acceptors (Lipinski definition) is 3. The Balaban J connectivity index is 0. The topological polar surface area (TPSA) is 32.7 Å². The number of ether oxygens (including phenoxy) is 1. The van der Waals surface area contributed by atoms with Crippen LogP contribution in [0, 0.1) is 11.8 Å². The Hall–Kier alpha value is -0.120. The summed E-state index contributed by atoms with van der Waals surface area (Å²) in [5.41, 5.74) is 0.0131. The average molecular weight is 654 g/mol. The van der Waals surface area contributed by atoms with Gasteiger partial charge >= 0.3 is 0 Å². The van der Waals surface area contributed by atoms with Crippen LogP contribution in [0.3, 0.4) is 0 Å². The molecule has 0 aliphatic heterocycles. The van der Waals surface area contributed by atoms with Crippen molar-refractivity contribution in [3.05, 3.63) is 0 Å². The van der Waals surface area contributed by atoms with Gasteiger partial charge in [-0.25, -0.2) is 0 Å². The highest BCUT2D eigenvalue weighted by molar-refractivity contribution is 4.71. The van der Waals surface area contributed by atoms with Gasteiger partial charge in [-0.15, -0.1) is 0 Å². The molecule has 0 aliphatic rings. The molecule has 0 aliphatic carbocycles. The predicted octanol–water partition coefficient (Wildman–Crippen LogP) is 13.9. The van der Waals surface area contributed by atoms with Crippen LogP contribution in [0.25, 0.3) is 0 Å². The number of rotatable bonds is 36. The van der Waals surface area contributed by atoms with E-state index in [9.17, 15) is 0 Å². The third-order valence-corrected chi connectivity index (χ3v) is 10.0. The van der Waals surface area contributed by atoms with Crippen LogP contribution in [0.5, 0.6) is 0 Å². The summed E-state index contributed by atoms with van der Waals surface area (Å²) >= 11 is 0. The van der Waals surface area contributed by atoms with Crippen molar-refractivity contribution >= 4 is 0 Å². The van der Waals surface area contributed by atoms with Crippen molar-refractivity contribution < 1.29 is 9.84 Å². The summed E-state index contributed by atoms with van der Waals surface area (Å²) in [5.74, 6) is 1.62. The molecule has 3 heteroatoms. The van der Waals surface area contributed by atoms with Gasteiger partial charge in [0.2, 0.25) is 0 Å². The molecule has 0 aromatic rings. The van der Waals surface area contributed by atoms with Gasteiger partial charge < -0.3 is 14.7 Å². The quantitative estimate of drug-likeness (QED) is 0.0683. The molecular formula is C43H91NO2. The van der Waals surface area contributed by atoms with Gasteiger partial charge in [0, 0.05) is 20.3 Å². The zero-order chi connectivity index (χ0) is 34.6. The molecule has 0 aromatic carbocycles. The summed E-state index contributed by atoms with van der Waals surface area (Å²) in [4.78, 5) is 2.65. The molecule has 0 amide bonds. The molecule has 46 heavy (non-hydrogen) atoms. The Morgan fingerprint density at radius 2 is 0.870 bits per heavy atom. The molecule has 0 bridgehead atoms. The van der Waals surface area contributed by atoms with Gasteiger partial charge in [-0.3, -0.25) is 0 Å². The SMILES string of the molecule is CCCCCCCCCCCCCCC(CCCCCCCCCCCCCC)CN(C)CCCC(C)(C)OCCC(C)C.CO. The number of unbranched alkanes of at least 4 members (excludes halogenated alkanes) is 22. The highest BCUT2D eigenvalue weighted by atomic mass is 16.5. The summed E-state index contributed by atoms with van der Waals surface area (Å²) in [5, 5.41) is 7.00. The normalized spacial score (nSPS) is 12.0. The van der Waals surface area contributed by atoms with Crippen molar-refractivity contribution in [1.82, 2.24) is 4.90 Å². The second kappa shape index (κ2) is 37.7. The van der Waals surface area contributed by atoms with Gasteiger partial charge in [-0.1, -0.05) is 182 Å². The standard InChI is InChI=1S/C42H87NO.CH4O/c1-8-10-12-14-16-18-20-22-24-26-28-30-33-41(34-31-29-27-25-23-21-19-17-15-13-11-9-2)39-43(7)37-32-36-42(5,6)44-38-35-40(3)4;1-2/h40-41H,8-39H2,1-7H3;2H,1H3. The van der Waals surface area contributed by atoms with E-state index in [1.807, 2.05) is 0 Å². The molecular weight excluding hydrogens is 562 g/mol. The summed E-state index contributed by atoms with van der Waals surface area (Å²) in [6.45, 7) is 17.2. The zero-order valence-electron chi connectivity index (χ0n) is 33.6. The van der Waals surface area contributed by atoms with E-state index < -0.39 is 0 Å². The number of hydrogen-bond donors (Lipinski definition) is 1. The van der Waals surface area contributed by atoms with Crippen molar-refractivity contribution in [2.75, 3.05) is 33.9 Å². The van der Waals surface area contributed by atoms with Crippen LogP contribution in [-0.4, -0.2) is 49.5 Å². The van der Waals surface area contributed by atoms with E-state index in [-0.39, 0.29) is 5.60 Å². The van der Waals surface area contributed by atoms with Crippen LogP contribution < -0.4 is 0 Å². The van der Waals surface area contributed by atoms with Gasteiger partial charge in [0.25, 0.3) is 0 Å². The molecule has 280 valence electrons. The van der Waals surface area contributed by atoms with Crippen molar-refractivity contribution in [2.45, 2.75) is 233 Å². The van der Waals surface area contributed by atoms with E-state index in [0.29, 0.717) is 0 Å². The van der Waals surface area contributed by atoms with Gasteiger partial charge in [0.05, 0.1) is 5.60 Å². The lowest BCUT2D eigenvalue weighted by molar-refractivity contribution is -0.0300.